The maximum Gasteiger partial charge on any atom is 0.134 e. The largest absolute Gasteiger partial charge is 0.457 e. The lowest BCUT2D eigenvalue weighted by molar-refractivity contribution is 0.436. The van der Waals surface area contributed by atoms with Gasteiger partial charge in [-0.1, -0.05) is 90.6 Å². The maximum absolute atomic E-state index is 9.83. The maximum atomic E-state index is 9.83. The molecule has 1 spiro atoms. The summed E-state index contributed by atoms with van der Waals surface area (Å²) in [7, 11) is 0. The van der Waals surface area contributed by atoms with Gasteiger partial charge in [0.25, 0.3) is 0 Å². The van der Waals surface area contributed by atoms with Gasteiger partial charge >= 0.3 is 0 Å². The van der Waals surface area contributed by atoms with Crippen LogP contribution in [0.15, 0.2) is 210 Å². The van der Waals surface area contributed by atoms with E-state index in [4.69, 9.17) is 14.7 Å². The molecule has 9 heteroatoms. The van der Waals surface area contributed by atoms with Crippen molar-refractivity contribution in [2.45, 2.75) is 15.2 Å². The summed E-state index contributed by atoms with van der Waals surface area (Å²) in [4.78, 5) is 14.1. The molecule has 0 radical (unpaired) electrons. The third kappa shape index (κ3) is 5.13. The van der Waals surface area contributed by atoms with Crippen LogP contribution in [-0.4, -0.2) is 19.1 Å². The molecule has 0 unspecified atom stereocenters. The molecule has 12 aromatic rings. The fraction of sp³-hybridized carbons (Fsp3) is 0.0164. The predicted molar refractivity (Wildman–Crippen MR) is 276 cm³/mol. The highest BCUT2D eigenvalue weighted by Crippen LogP contribution is 2.62. The second-order valence-corrected chi connectivity index (χ2v) is 19.0. The molecule has 0 atom stereocenters. The first-order chi connectivity index (χ1) is 34.6. The van der Waals surface area contributed by atoms with Gasteiger partial charge in [0.15, 0.2) is 0 Å². The van der Waals surface area contributed by atoms with Gasteiger partial charge < -0.3 is 18.8 Å². The molecule has 15 rings (SSSR count). The first-order valence-electron chi connectivity index (χ1n) is 23.1. The molecule has 1 aliphatic carbocycles. The number of nitrogens with zero attached hydrogens (tertiary/aromatic N) is 7. The fourth-order valence-electron chi connectivity index (χ4n) is 11.7. The highest BCUT2D eigenvalue weighted by molar-refractivity contribution is 7.99. The van der Waals surface area contributed by atoms with Crippen LogP contribution in [-0.2, 0) is 5.41 Å². The van der Waals surface area contributed by atoms with Crippen molar-refractivity contribution in [1.82, 2.24) is 19.1 Å². The third-order valence-corrected chi connectivity index (χ3v) is 15.6. The topological polar surface area (TPSA) is 95.7 Å². The zero-order valence-electron chi connectivity index (χ0n) is 37.0. The van der Waals surface area contributed by atoms with Gasteiger partial charge in [0.2, 0.25) is 0 Å². The van der Waals surface area contributed by atoms with Gasteiger partial charge in [-0.25, -0.2) is 0 Å². The van der Waals surface area contributed by atoms with Crippen molar-refractivity contribution >= 4 is 72.4 Å². The highest BCUT2D eigenvalue weighted by Gasteiger charge is 2.52. The minimum Gasteiger partial charge on any atom is -0.457 e. The highest BCUT2D eigenvalue weighted by atomic mass is 32.2. The minimum atomic E-state index is -0.759. The number of nitriles is 2. The van der Waals surface area contributed by atoms with Crippen molar-refractivity contribution in [3.8, 4) is 46.4 Å². The standard InChI is InChI=1S/C61H33N7OS/c62-34-36-17-24-53-57(29-36)70-58-30-37(35-63)18-25-54(58)68(53)38-21-26-52-44(31-38)43-11-3-6-16-51(43)67(52)40-20-23-46-56(33-40)69-55-32-39(66-49-14-4-1-9-41(49)42-10-2-5-15-50(42)66)19-22-45(55)61(46)47-12-7-27-64-59(47)60-48(61)13-8-28-65-60/h1-33H. The molecule has 70 heavy (non-hydrogen) atoms. The normalized spacial score (nSPS) is 13.5. The lowest BCUT2D eigenvalue weighted by Crippen LogP contribution is -2.32. The van der Waals surface area contributed by atoms with Gasteiger partial charge in [-0.3, -0.25) is 9.97 Å². The number of para-hydroxylation sites is 3. The number of hydrogen-bond donors (Lipinski definition) is 0. The van der Waals surface area contributed by atoms with Crippen molar-refractivity contribution in [2.24, 2.45) is 0 Å². The number of ether oxygens (including phenoxy) is 1. The average molecular weight is 912 g/mol. The zero-order valence-corrected chi connectivity index (χ0v) is 37.8. The SMILES string of the molecule is N#Cc1ccc2c(c1)Sc1cc(C#N)ccc1N2c1ccc2c(c1)c1ccccc1n2-c1ccc2c(c1)Oc1cc(-n3c4ccccc4c4ccccc43)ccc1C21c2cccnc2-c2ncccc21. The summed E-state index contributed by atoms with van der Waals surface area (Å²) in [5.41, 5.74) is 15.6. The molecule has 2 aliphatic heterocycles. The molecule has 0 amide bonds. The Morgan fingerprint density at radius 3 is 1.41 bits per heavy atom. The van der Waals surface area contributed by atoms with Crippen molar-refractivity contribution in [2.75, 3.05) is 4.90 Å². The van der Waals surface area contributed by atoms with E-state index in [2.05, 4.69) is 166 Å². The van der Waals surface area contributed by atoms with Crippen LogP contribution < -0.4 is 9.64 Å². The molecule has 324 valence electrons. The van der Waals surface area contributed by atoms with Crippen molar-refractivity contribution in [3.05, 3.63) is 234 Å². The quantitative estimate of drug-likeness (QED) is 0.174. The van der Waals surface area contributed by atoms with Crippen LogP contribution in [0.4, 0.5) is 17.1 Å². The molecule has 0 N–H and O–H groups in total. The smallest absolute Gasteiger partial charge is 0.134 e. The third-order valence-electron chi connectivity index (χ3n) is 14.5. The number of hydrogen-bond acceptors (Lipinski definition) is 7. The van der Waals surface area contributed by atoms with Gasteiger partial charge in [-0.05, 0) is 108 Å². The number of aromatic nitrogens is 4. The number of pyridine rings is 2. The molecule has 6 heterocycles. The summed E-state index contributed by atoms with van der Waals surface area (Å²) in [6, 6.07) is 70.4. The molecule has 4 aromatic heterocycles. The van der Waals surface area contributed by atoms with Crippen molar-refractivity contribution in [3.63, 3.8) is 0 Å². The second-order valence-electron chi connectivity index (χ2n) is 18.0. The molecular weight excluding hydrogens is 879 g/mol. The molecular formula is C61H33N7OS. The van der Waals surface area contributed by atoms with Crippen LogP contribution in [0.2, 0.25) is 0 Å². The minimum absolute atomic E-state index is 0.589. The van der Waals surface area contributed by atoms with Crippen LogP contribution in [0, 0.1) is 22.7 Å². The molecule has 0 bridgehead atoms. The average Bonchev–Trinajstić information content (AvgIpc) is 4.04. The van der Waals surface area contributed by atoms with E-state index < -0.39 is 5.41 Å². The van der Waals surface area contributed by atoms with E-state index in [9.17, 15) is 10.5 Å². The molecule has 8 nitrogen and oxygen atoms in total. The van der Waals surface area contributed by atoms with Gasteiger partial charge in [-0.2, -0.15) is 10.5 Å². The lowest BCUT2D eigenvalue weighted by Gasteiger charge is -2.39. The summed E-state index contributed by atoms with van der Waals surface area (Å²) in [6.07, 6.45) is 3.72. The van der Waals surface area contributed by atoms with E-state index in [1.807, 2.05) is 60.9 Å². The van der Waals surface area contributed by atoms with Crippen molar-refractivity contribution < 1.29 is 4.74 Å². The van der Waals surface area contributed by atoms with Gasteiger partial charge in [0, 0.05) is 84.1 Å². The van der Waals surface area contributed by atoms with E-state index in [-0.39, 0.29) is 0 Å². The Morgan fingerprint density at radius 1 is 0.429 bits per heavy atom. The summed E-state index contributed by atoms with van der Waals surface area (Å²) >= 11 is 1.59. The van der Waals surface area contributed by atoms with Crippen LogP contribution in [0.3, 0.4) is 0 Å². The number of rotatable bonds is 3. The summed E-state index contributed by atoms with van der Waals surface area (Å²) in [5.74, 6) is 1.53. The van der Waals surface area contributed by atoms with E-state index >= 15 is 0 Å². The van der Waals surface area contributed by atoms with Gasteiger partial charge in [0.1, 0.15) is 11.5 Å². The summed E-state index contributed by atoms with van der Waals surface area (Å²) in [5, 5.41) is 24.3. The predicted octanol–water partition coefficient (Wildman–Crippen LogP) is 14.8. The molecule has 8 aromatic carbocycles. The van der Waals surface area contributed by atoms with E-state index in [0.717, 1.165) is 116 Å². The molecule has 0 fully saturated rings. The Balaban J connectivity index is 0.941. The zero-order chi connectivity index (χ0) is 46.2. The molecule has 0 saturated heterocycles. The number of fused-ring (bicyclic) bond motifs is 17. The van der Waals surface area contributed by atoms with Gasteiger partial charge in [-0.15, -0.1) is 0 Å². The van der Waals surface area contributed by atoms with Crippen LogP contribution in [0.1, 0.15) is 33.4 Å². The fourth-order valence-corrected chi connectivity index (χ4v) is 12.8. The Kier molecular flexibility index (Phi) is 7.90. The van der Waals surface area contributed by atoms with E-state index in [0.29, 0.717) is 11.1 Å². The second kappa shape index (κ2) is 14.3. The Bertz CT molecular complexity index is 4220. The lowest BCUT2D eigenvalue weighted by atomic mass is 9.66. The molecule has 3 aliphatic rings. The summed E-state index contributed by atoms with van der Waals surface area (Å²) < 4.78 is 12.0. The Morgan fingerprint density at radius 2 is 0.900 bits per heavy atom. The first-order valence-corrected chi connectivity index (χ1v) is 23.9. The Labute approximate surface area is 405 Å². The molecule has 0 saturated carbocycles. The van der Waals surface area contributed by atoms with Crippen LogP contribution in [0.5, 0.6) is 11.5 Å². The monoisotopic (exact) mass is 911 g/mol. The van der Waals surface area contributed by atoms with Crippen LogP contribution >= 0.6 is 11.8 Å². The van der Waals surface area contributed by atoms with E-state index in [1.54, 1.807) is 11.8 Å². The summed E-state index contributed by atoms with van der Waals surface area (Å²) in [6.45, 7) is 0. The first kappa shape index (κ1) is 38.7. The van der Waals surface area contributed by atoms with Gasteiger partial charge in [0.05, 0.1) is 73.5 Å². The van der Waals surface area contributed by atoms with E-state index in [1.165, 1.54) is 10.8 Å². The number of anilines is 3. The number of benzene rings is 8. The van der Waals surface area contributed by atoms with Crippen LogP contribution in [0.25, 0.3) is 66.4 Å². The van der Waals surface area contributed by atoms with Crippen molar-refractivity contribution in [1.29, 1.82) is 10.5 Å². The Hall–Kier alpha value is -9.41.